The summed E-state index contributed by atoms with van der Waals surface area (Å²) in [4.78, 5) is 0. The predicted molar refractivity (Wildman–Crippen MR) is 63.3 cm³/mol. The molecule has 2 rings (SSSR count). The van der Waals surface area contributed by atoms with E-state index >= 15 is 0 Å². The van der Waals surface area contributed by atoms with Gasteiger partial charge in [-0.2, -0.15) is 0 Å². The van der Waals surface area contributed by atoms with E-state index in [-0.39, 0.29) is 11.5 Å². The number of hydrogen-bond acceptors (Lipinski definition) is 2. The molecule has 0 fully saturated rings. The molecule has 0 saturated heterocycles. The third-order valence-corrected chi connectivity index (χ3v) is 2.59. The Morgan fingerprint density at radius 2 is 1.62 bits per heavy atom. The summed E-state index contributed by atoms with van der Waals surface area (Å²) in [5, 5.41) is 19.1. The summed E-state index contributed by atoms with van der Waals surface area (Å²) in [6.07, 6.45) is 0. The van der Waals surface area contributed by atoms with Crippen LogP contribution in [-0.2, 0) is 0 Å². The Morgan fingerprint density at radius 1 is 0.938 bits per heavy atom. The van der Waals surface area contributed by atoms with Crippen molar-refractivity contribution in [1.82, 2.24) is 0 Å². The number of phenolic OH excluding ortho intramolecular Hbond substituents is 2. The Kier molecular flexibility index (Phi) is 2.82. The summed E-state index contributed by atoms with van der Waals surface area (Å²) in [7, 11) is 0. The first-order valence-corrected chi connectivity index (χ1v) is 5.10. The molecule has 0 atom stereocenters. The summed E-state index contributed by atoms with van der Waals surface area (Å²) in [6.45, 7) is 1.92. The first-order chi connectivity index (χ1) is 7.68. The number of benzene rings is 2. The lowest BCUT2D eigenvalue weighted by Crippen LogP contribution is -1.97. The van der Waals surface area contributed by atoms with Gasteiger partial charge in [-0.05, 0) is 23.8 Å². The molecule has 0 aromatic heterocycles. The third kappa shape index (κ3) is 2.01. The van der Waals surface area contributed by atoms with Gasteiger partial charge in [0.05, 0.1) is 0 Å². The minimum absolute atomic E-state index is 0.156. The SMILES string of the molecule is C[C](c1ccccc1)c1cc(O)ccc1O. The van der Waals surface area contributed by atoms with Crippen molar-refractivity contribution in [3.05, 3.63) is 65.6 Å². The van der Waals surface area contributed by atoms with Crippen molar-refractivity contribution in [2.24, 2.45) is 0 Å². The van der Waals surface area contributed by atoms with Crippen LogP contribution in [0.15, 0.2) is 48.5 Å². The van der Waals surface area contributed by atoms with E-state index < -0.39 is 0 Å². The van der Waals surface area contributed by atoms with Gasteiger partial charge < -0.3 is 10.2 Å². The zero-order valence-electron chi connectivity index (χ0n) is 9.01. The lowest BCUT2D eigenvalue weighted by molar-refractivity contribution is 0.456. The van der Waals surface area contributed by atoms with Crippen LogP contribution in [0.4, 0.5) is 0 Å². The second kappa shape index (κ2) is 4.27. The highest BCUT2D eigenvalue weighted by molar-refractivity contribution is 5.53. The summed E-state index contributed by atoms with van der Waals surface area (Å²) in [6, 6.07) is 14.3. The van der Waals surface area contributed by atoms with Gasteiger partial charge >= 0.3 is 0 Å². The van der Waals surface area contributed by atoms with Crippen molar-refractivity contribution in [1.29, 1.82) is 0 Å². The van der Waals surface area contributed by atoms with Crippen LogP contribution in [0.5, 0.6) is 11.5 Å². The minimum Gasteiger partial charge on any atom is -0.508 e. The summed E-state index contributed by atoms with van der Waals surface area (Å²) >= 11 is 0. The van der Waals surface area contributed by atoms with Crippen molar-refractivity contribution in [3.8, 4) is 11.5 Å². The average molecular weight is 213 g/mol. The fourth-order valence-electron chi connectivity index (χ4n) is 1.67. The molecule has 0 aliphatic rings. The lowest BCUT2D eigenvalue weighted by Gasteiger charge is -2.13. The molecule has 0 bridgehead atoms. The van der Waals surface area contributed by atoms with E-state index in [1.54, 1.807) is 6.07 Å². The first-order valence-electron chi connectivity index (χ1n) is 5.10. The van der Waals surface area contributed by atoms with Gasteiger partial charge in [-0.15, -0.1) is 0 Å². The molecule has 81 valence electrons. The quantitative estimate of drug-likeness (QED) is 0.752. The second-order valence-corrected chi connectivity index (χ2v) is 3.69. The molecule has 0 aliphatic carbocycles. The van der Waals surface area contributed by atoms with Crippen molar-refractivity contribution in [2.45, 2.75) is 6.92 Å². The molecule has 2 heteroatoms. The molecule has 0 amide bonds. The number of aromatic hydroxyl groups is 2. The molecule has 0 unspecified atom stereocenters. The van der Waals surface area contributed by atoms with E-state index in [1.165, 1.54) is 12.1 Å². The number of rotatable bonds is 2. The number of phenols is 2. The largest absolute Gasteiger partial charge is 0.508 e. The van der Waals surface area contributed by atoms with Gasteiger partial charge in [-0.25, -0.2) is 0 Å². The summed E-state index contributed by atoms with van der Waals surface area (Å²) in [5.74, 6) is 1.27. The van der Waals surface area contributed by atoms with Gasteiger partial charge in [0.15, 0.2) is 0 Å². The van der Waals surface area contributed by atoms with E-state index in [9.17, 15) is 10.2 Å². The van der Waals surface area contributed by atoms with E-state index in [0.717, 1.165) is 11.5 Å². The molecule has 2 nitrogen and oxygen atoms in total. The molecule has 1 radical (unpaired) electrons. The predicted octanol–water partition coefficient (Wildman–Crippen LogP) is 3.09. The Morgan fingerprint density at radius 3 is 2.31 bits per heavy atom. The molecule has 0 saturated carbocycles. The molecule has 2 aromatic carbocycles. The van der Waals surface area contributed by atoms with Gasteiger partial charge in [0.25, 0.3) is 0 Å². The Hall–Kier alpha value is -1.96. The maximum absolute atomic E-state index is 9.73. The molecular weight excluding hydrogens is 200 g/mol. The highest BCUT2D eigenvalue weighted by atomic mass is 16.3. The van der Waals surface area contributed by atoms with Crippen LogP contribution in [0, 0.1) is 5.92 Å². The summed E-state index contributed by atoms with van der Waals surface area (Å²) in [5.41, 5.74) is 1.69. The molecule has 0 heterocycles. The van der Waals surface area contributed by atoms with Crippen molar-refractivity contribution >= 4 is 0 Å². The van der Waals surface area contributed by atoms with Gasteiger partial charge in [-0.3, -0.25) is 0 Å². The van der Waals surface area contributed by atoms with Crippen molar-refractivity contribution in [2.75, 3.05) is 0 Å². The smallest absolute Gasteiger partial charge is 0.119 e. The fourth-order valence-corrected chi connectivity index (χ4v) is 1.67. The van der Waals surface area contributed by atoms with E-state index in [0.29, 0.717) is 5.56 Å². The van der Waals surface area contributed by atoms with Gasteiger partial charge in [-0.1, -0.05) is 37.3 Å². The highest BCUT2D eigenvalue weighted by Gasteiger charge is 2.13. The molecule has 2 N–H and O–H groups in total. The molecule has 2 aromatic rings. The van der Waals surface area contributed by atoms with Crippen LogP contribution in [-0.4, -0.2) is 10.2 Å². The monoisotopic (exact) mass is 213 g/mol. The molecule has 0 spiro atoms. The third-order valence-electron chi connectivity index (χ3n) is 2.59. The van der Waals surface area contributed by atoms with Crippen LogP contribution >= 0.6 is 0 Å². The van der Waals surface area contributed by atoms with Gasteiger partial charge in [0, 0.05) is 11.5 Å². The van der Waals surface area contributed by atoms with E-state index in [2.05, 4.69) is 0 Å². The minimum atomic E-state index is 0.156. The molecular formula is C14H13O2. The van der Waals surface area contributed by atoms with Crippen LogP contribution in [0.2, 0.25) is 0 Å². The Bertz CT molecular complexity index is 477. The number of hydrogen-bond donors (Lipinski definition) is 2. The molecule has 16 heavy (non-hydrogen) atoms. The maximum atomic E-state index is 9.73. The van der Waals surface area contributed by atoms with Crippen LogP contribution < -0.4 is 0 Å². The Labute approximate surface area is 94.8 Å². The van der Waals surface area contributed by atoms with Gasteiger partial charge in [0.2, 0.25) is 0 Å². The zero-order valence-corrected chi connectivity index (χ0v) is 9.01. The molecule has 0 aliphatic heterocycles. The fraction of sp³-hybridized carbons (Fsp3) is 0.0714. The zero-order chi connectivity index (χ0) is 11.5. The van der Waals surface area contributed by atoms with Gasteiger partial charge in [0.1, 0.15) is 11.5 Å². The normalized spacial score (nSPS) is 10.6. The first kappa shape index (κ1) is 10.6. The van der Waals surface area contributed by atoms with Crippen LogP contribution in [0.1, 0.15) is 18.1 Å². The van der Waals surface area contributed by atoms with Crippen molar-refractivity contribution < 1.29 is 10.2 Å². The van der Waals surface area contributed by atoms with Crippen molar-refractivity contribution in [3.63, 3.8) is 0 Å². The maximum Gasteiger partial charge on any atom is 0.119 e. The second-order valence-electron chi connectivity index (χ2n) is 3.69. The topological polar surface area (TPSA) is 40.5 Å². The van der Waals surface area contributed by atoms with Crippen LogP contribution in [0.3, 0.4) is 0 Å². The average Bonchev–Trinajstić information content (AvgIpc) is 2.32. The van der Waals surface area contributed by atoms with E-state index in [4.69, 9.17) is 0 Å². The summed E-state index contributed by atoms with van der Waals surface area (Å²) < 4.78 is 0. The standard InChI is InChI=1S/C14H13O2/c1-10(11-5-3-2-4-6-11)13-9-12(15)7-8-14(13)16/h2-9,15-16H,1H3. The van der Waals surface area contributed by atoms with Crippen LogP contribution in [0.25, 0.3) is 0 Å². The lowest BCUT2D eigenvalue weighted by atomic mass is 9.92. The Balaban J connectivity index is 2.41. The van der Waals surface area contributed by atoms with E-state index in [1.807, 2.05) is 37.3 Å². The highest BCUT2D eigenvalue weighted by Crippen LogP contribution is 2.32.